The summed E-state index contributed by atoms with van der Waals surface area (Å²) < 4.78 is 0. The van der Waals surface area contributed by atoms with Gasteiger partial charge in [0.25, 0.3) is 0 Å². The summed E-state index contributed by atoms with van der Waals surface area (Å²) in [6, 6.07) is 3.83. The molecule has 0 bridgehead atoms. The molecule has 0 unspecified atom stereocenters. The first-order valence-corrected chi connectivity index (χ1v) is 4.12. The summed E-state index contributed by atoms with van der Waals surface area (Å²) in [5, 5.41) is 0.769. The van der Waals surface area contributed by atoms with E-state index in [1.54, 1.807) is 0 Å². The Morgan fingerprint density at radius 2 is 2.00 bits per heavy atom. The van der Waals surface area contributed by atoms with Gasteiger partial charge in [-0.2, -0.15) is 0 Å². The third-order valence-corrected chi connectivity index (χ3v) is 1.88. The first-order chi connectivity index (χ1) is 5.11. The highest BCUT2D eigenvalue weighted by atomic mass is 35.5. The quantitative estimate of drug-likeness (QED) is 0.630. The molecule has 0 saturated heterocycles. The fourth-order valence-corrected chi connectivity index (χ4v) is 1.29. The maximum Gasteiger partial charge on any atom is 0.0624 e. The fraction of sp³-hybridized carbons (Fsp3) is 0.444. The van der Waals surface area contributed by atoms with E-state index in [9.17, 15) is 0 Å². The normalized spacial score (nSPS) is 10.6. The second kappa shape index (κ2) is 3.22. The zero-order valence-corrected chi connectivity index (χ0v) is 7.81. The largest absolute Gasteiger partial charge is 0.256 e. The monoisotopic (exact) mass is 169 g/mol. The van der Waals surface area contributed by atoms with Crippen molar-refractivity contribution in [2.45, 2.75) is 26.7 Å². The molecule has 11 heavy (non-hydrogen) atoms. The lowest BCUT2D eigenvalue weighted by atomic mass is 10.1. The van der Waals surface area contributed by atoms with Gasteiger partial charge in [0.05, 0.1) is 10.7 Å². The van der Waals surface area contributed by atoms with Crippen molar-refractivity contribution in [1.29, 1.82) is 0 Å². The number of pyridine rings is 1. The standard InChI is InChI=1S/C9H12ClN/c1-6(2)9-8(10)5-4-7(3)11-9/h4-6H,1-3H3. The zero-order valence-electron chi connectivity index (χ0n) is 7.06. The minimum Gasteiger partial charge on any atom is -0.256 e. The van der Waals surface area contributed by atoms with Gasteiger partial charge in [0, 0.05) is 5.69 Å². The Bertz CT molecular complexity index is 256. The molecule has 2 heteroatoms. The van der Waals surface area contributed by atoms with Gasteiger partial charge in [0.1, 0.15) is 0 Å². The Labute approximate surface area is 72.4 Å². The first kappa shape index (κ1) is 8.54. The summed E-state index contributed by atoms with van der Waals surface area (Å²) in [5.41, 5.74) is 2.02. The average Bonchev–Trinajstić information content (AvgIpc) is 1.94. The van der Waals surface area contributed by atoms with Crippen molar-refractivity contribution in [3.63, 3.8) is 0 Å². The van der Waals surface area contributed by atoms with Crippen LogP contribution in [-0.4, -0.2) is 4.98 Å². The third kappa shape index (κ3) is 1.93. The Morgan fingerprint density at radius 3 is 2.45 bits per heavy atom. The van der Waals surface area contributed by atoms with Gasteiger partial charge in [-0.05, 0) is 25.0 Å². The molecule has 0 saturated carbocycles. The van der Waals surface area contributed by atoms with Crippen molar-refractivity contribution in [2.24, 2.45) is 0 Å². The molecular formula is C9H12ClN. The van der Waals surface area contributed by atoms with E-state index in [1.807, 2.05) is 19.1 Å². The van der Waals surface area contributed by atoms with Crippen molar-refractivity contribution in [3.8, 4) is 0 Å². The molecule has 0 spiro atoms. The van der Waals surface area contributed by atoms with Crippen LogP contribution in [-0.2, 0) is 0 Å². The Kier molecular flexibility index (Phi) is 2.50. The van der Waals surface area contributed by atoms with E-state index in [0.29, 0.717) is 5.92 Å². The molecule has 0 aliphatic rings. The SMILES string of the molecule is Cc1ccc(Cl)c(C(C)C)n1. The summed E-state index contributed by atoms with van der Waals surface area (Å²) in [6.07, 6.45) is 0. The molecule has 0 radical (unpaired) electrons. The predicted molar refractivity (Wildman–Crippen MR) is 48.1 cm³/mol. The van der Waals surface area contributed by atoms with Crippen molar-refractivity contribution in [3.05, 3.63) is 28.5 Å². The predicted octanol–water partition coefficient (Wildman–Crippen LogP) is 3.17. The number of aromatic nitrogens is 1. The minimum atomic E-state index is 0.405. The molecular weight excluding hydrogens is 158 g/mol. The Balaban J connectivity index is 3.13. The summed E-state index contributed by atoms with van der Waals surface area (Å²) >= 11 is 5.93. The Morgan fingerprint density at radius 1 is 1.36 bits per heavy atom. The molecule has 1 aromatic rings. The highest BCUT2D eigenvalue weighted by molar-refractivity contribution is 6.31. The van der Waals surface area contributed by atoms with Crippen LogP contribution in [0.1, 0.15) is 31.2 Å². The second-order valence-electron chi connectivity index (χ2n) is 2.97. The maximum atomic E-state index is 5.93. The lowest BCUT2D eigenvalue weighted by Gasteiger charge is -2.06. The second-order valence-corrected chi connectivity index (χ2v) is 3.38. The molecule has 60 valence electrons. The van der Waals surface area contributed by atoms with Gasteiger partial charge in [-0.25, -0.2) is 0 Å². The third-order valence-electron chi connectivity index (χ3n) is 1.56. The highest BCUT2D eigenvalue weighted by Crippen LogP contribution is 2.21. The smallest absolute Gasteiger partial charge is 0.0624 e. The topological polar surface area (TPSA) is 12.9 Å². The maximum absolute atomic E-state index is 5.93. The molecule has 0 fully saturated rings. The number of hydrogen-bond donors (Lipinski definition) is 0. The van der Waals surface area contributed by atoms with Gasteiger partial charge in [-0.1, -0.05) is 25.4 Å². The van der Waals surface area contributed by atoms with Crippen molar-refractivity contribution in [1.82, 2.24) is 4.98 Å². The molecule has 0 aliphatic carbocycles. The molecule has 0 aromatic carbocycles. The summed E-state index contributed by atoms with van der Waals surface area (Å²) in [5.74, 6) is 0.405. The number of nitrogens with zero attached hydrogens (tertiary/aromatic N) is 1. The minimum absolute atomic E-state index is 0.405. The number of hydrogen-bond acceptors (Lipinski definition) is 1. The van der Waals surface area contributed by atoms with Crippen LogP contribution < -0.4 is 0 Å². The highest BCUT2D eigenvalue weighted by Gasteiger charge is 2.05. The fourth-order valence-electron chi connectivity index (χ4n) is 0.965. The van der Waals surface area contributed by atoms with Crippen molar-refractivity contribution < 1.29 is 0 Å². The molecule has 1 heterocycles. The van der Waals surface area contributed by atoms with E-state index in [-0.39, 0.29) is 0 Å². The van der Waals surface area contributed by atoms with Crippen LogP contribution in [0.15, 0.2) is 12.1 Å². The average molecular weight is 170 g/mol. The molecule has 0 amide bonds. The lowest BCUT2D eigenvalue weighted by Crippen LogP contribution is -1.95. The van der Waals surface area contributed by atoms with Crippen LogP contribution in [0.2, 0.25) is 5.02 Å². The number of halogens is 1. The molecule has 0 atom stereocenters. The molecule has 0 N–H and O–H groups in total. The van der Waals surface area contributed by atoms with Crippen LogP contribution in [0.25, 0.3) is 0 Å². The zero-order chi connectivity index (χ0) is 8.43. The van der Waals surface area contributed by atoms with Crippen LogP contribution >= 0.6 is 11.6 Å². The van der Waals surface area contributed by atoms with E-state index in [4.69, 9.17) is 11.6 Å². The summed E-state index contributed by atoms with van der Waals surface area (Å²) in [6.45, 7) is 6.16. The summed E-state index contributed by atoms with van der Waals surface area (Å²) in [4.78, 5) is 4.34. The van der Waals surface area contributed by atoms with E-state index >= 15 is 0 Å². The first-order valence-electron chi connectivity index (χ1n) is 3.74. The van der Waals surface area contributed by atoms with Gasteiger partial charge >= 0.3 is 0 Å². The van der Waals surface area contributed by atoms with E-state index < -0.39 is 0 Å². The lowest BCUT2D eigenvalue weighted by molar-refractivity contribution is 0.816. The van der Waals surface area contributed by atoms with E-state index in [0.717, 1.165) is 16.4 Å². The molecule has 1 aromatic heterocycles. The molecule has 1 rings (SSSR count). The summed E-state index contributed by atoms with van der Waals surface area (Å²) in [7, 11) is 0. The van der Waals surface area contributed by atoms with Gasteiger partial charge in [0.2, 0.25) is 0 Å². The van der Waals surface area contributed by atoms with Gasteiger partial charge in [0.15, 0.2) is 0 Å². The number of aryl methyl sites for hydroxylation is 1. The van der Waals surface area contributed by atoms with Crippen LogP contribution in [0, 0.1) is 6.92 Å². The Hall–Kier alpha value is -0.560. The van der Waals surface area contributed by atoms with Crippen molar-refractivity contribution in [2.75, 3.05) is 0 Å². The van der Waals surface area contributed by atoms with Crippen molar-refractivity contribution >= 4 is 11.6 Å². The number of rotatable bonds is 1. The molecule has 0 aliphatic heterocycles. The van der Waals surface area contributed by atoms with Gasteiger partial charge < -0.3 is 0 Å². The van der Waals surface area contributed by atoms with Gasteiger partial charge in [-0.3, -0.25) is 4.98 Å². The van der Waals surface area contributed by atoms with Gasteiger partial charge in [-0.15, -0.1) is 0 Å². The van der Waals surface area contributed by atoms with Crippen LogP contribution in [0.5, 0.6) is 0 Å². The van der Waals surface area contributed by atoms with E-state index in [2.05, 4.69) is 18.8 Å². The van der Waals surface area contributed by atoms with Crippen LogP contribution in [0.3, 0.4) is 0 Å². The van der Waals surface area contributed by atoms with E-state index in [1.165, 1.54) is 0 Å². The van der Waals surface area contributed by atoms with Crippen LogP contribution in [0.4, 0.5) is 0 Å². The molecule has 1 nitrogen and oxygen atoms in total.